The average Bonchev–Trinajstić information content (AvgIpc) is 2.37. The second kappa shape index (κ2) is 7.53. The van der Waals surface area contributed by atoms with Gasteiger partial charge < -0.3 is 10.6 Å². The molecule has 0 spiro atoms. The lowest BCUT2D eigenvalue weighted by Gasteiger charge is -2.24. The van der Waals surface area contributed by atoms with E-state index < -0.39 is 0 Å². The fourth-order valence-electron chi connectivity index (χ4n) is 2.38. The third-order valence-corrected chi connectivity index (χ3v) is 4.61. The van der Waals surface area contributed by atoms with Crippen molar-refractivity contribution in [1.29, 1.82) is 0 Å². The predicted octanol–water partition coefficient (Wildman–Crippen LogP) is 3.29. The van der Waals surface area contributed by atoms with Gasteiger partial charge >= 0.3 is 0 Å². The third kappa shape index (κ3) is 4.40. The molecule has 0 aliphatic carbocycles. The number of carbonyl (C=O) groups is 1. The molecule has 110 valence electrons. The standard InChI is InChI=1S/C15H21FN2OS/c16-12-6-7-14(13(17)10-12)20-11-15(19)18-8-4-2-1-3-5-9-18/h6-7,10H,1-5,8-9,11,17H2. The summed E-state index contributed by atoms with van der Waals surface area (Å²) < 4.78 is 13.0. The van der Waals surface area contributed by atoms with E-state index >= 15 is 0 Å². The molecule has 1 aliphatic heterocycles. The second-order valence-corrected chi connectivity index (χ2v) is 6.14. The monoisotopic (exact) mass is 296 g/mol. The van der Waals surface area contributed by atoms with Gasteiger partial charge in [-0.1, -0.05) is 19.3 Å². The van der Waals surface area contributed by atoms with E-state index in [9.17, 15) is 9.18 Å². The topological polar surface area (TPSA) is 46.3 Å². The van der Waals surface area contributed by atoms with Crippen molar-refractivity contribution in [2.75, 3.05) is 24.6 Å². The van der Waals surface area contributed by atoms with Crippen LogP contribution in [0.1, 0.15) is 32.1 Å². The van der Waals surface area contributed by atoms with Gasteiger partial charge in [-0.2, -0.15) is 0 Å². The Morgan fingerprint density at radius 2 is 1.85 bits per heavy atom. The van der Waals surface area contributed by atoms with Crippen LogP contribution in [0, 0.1) is 5.82 Å². The molecule has 0 radical (unpaired) electrons. The largest absolute Gasteiger partial charge is 0.398 e. The molecule has 5 heteroatoms. The zero-order chi connectivity index (χ0) is 14.4. The number of rotatable bonds is 3. The average molecular weight is 296 g/mol. The van der Waals surface area contributed by atoms with Crippen molar-refractivity contribution in [3.8, 4) is 0 Å². The summed E-state index contributed by atoms with van der Waals surface area (Å²) >= 11 is 1.39. The molecule has 0 unspecified atom stereocenters. The van der Waals surface area contributed by atoms with Gasteiger partial charge in [-0.3, -0.25) is 4.79 Å². The summed E-state index contributed by atoms with van der Waals surface area (Å²) in [6, 6.07) is 4.30. The Morgan fingerprint density at radius 3 is 2.50 bits per heavy atom. The van der Waals surface area contributed by atoms with Crippen LogP contribution < -0.4 is 5.73 Å². The Kier molecular flexibility index (Phi) is 5.71. The van der Waals surface area contributed by atoms with Gasteiger partial charge in [0.2, 0.25) is 5.91 Å². The molecule has 1 aromatic carbocycles. The maximum atomic E-state index is 13.0. The summed E-state index contributed by atoms with van der Waals surface area (Å²) in [5, 5.41) is 0. The quantitative estimate of drug-likeness (QED) is 0.687. The maximum Gasteiger partial charge on any atom is 0.232 e. The lowest BCUT2D eigenvalue weighted by Crippen LogP contribution is -2.35. The molecule has 0 saturated carbocycles. The van der Waals surface area contributed by atoms with Crippen LogP contribution in [0.3, 0.4) is 0 Å². The molecule has 1 saturated heterocycles. The van der Waals surface area contributed by atoms with Crippen LogP contribution in [-0.2, 0) is 4.79 Å². The van der Waals surface area contributed by atoms with Crippen molar-refractivity contribution in [2.45, 2.75) is 37.0 Å². The fraction of sp³-hybridized carbons (Fsp3) is 0.533. The van der Waals surface area contributed by atoms with Crippen LogP contribution in [-0.4, -0.2) is 29.6 Å². The normalized spacial score (nSPS) is 16.6. The molecule has 0 atom stereocenters. The molecular weight excluding hydrogens is 275 g/mol. The predicted molar refractivity (Wildman–Crippen MR) is 81.2 cm³/mol. The Bertz CT molecular complexity index is 459. The van der Waals surface area contributed by atoms with Gasteiger partial charge in [0.25, 0.3) is 0 Å². The summed E-state index contributed by atoms with van der Waals surface area (Å²) in [6.07, 6.45) is 5.89. The van der Waals surface area contributed by atoms with Crippen molar-refractivity contribution >= 4 is 23.4 Å². The highest BCUT2D eigenvalue weighted by atomic mass is 32.2. The van der Waals surface area contributed by atoms with Gasteiger partial charge in [0.15, 0.2) is 0 Å². The number of halogens is 1. The molecule has 1 aromatic rings. The van der Waals surface area contributed by atoms with E-state index in [0.29, 0.717) is 11.4 Å². The van der Waals surface area contributed by atoms with Crippen LogP contribution in [0.15, 0.2) is 23.1 Å². The van der Waals surface area contributed by atoms with Gasteiger partial charge in [-0.05, 0) is 31.0 Å². The maximum absolute atomic E-state index is 13.0. The van der Waals surface area contributed by atoms with Crippen molar-refractivity contribution in [1.82, 2.24) is 4.90 Å². The van der Waals surface area contributed by atoms with Crippen LogP contribution >= 0.6 is 11.8 Å². The number of nitrogens with two attached hydrogens (primary N) is 1. The zero-order valence-corrected chi connectivity index (χ0v) is 12.4. The van der Waals surface area contributed by atoms with E-state index in [1.54, 1.807) is 6.07 Å². The first-order valence-corrected chi connectivity index (χ1v) is 8.11. The number of carbonyl (C=O) groups excluding carboxylic acids is 1. The Hall–Kier alpha value is -1.23. The Balaban J connectivity index is 1.87. The Labute approximate surface area is 123 Å². The summed E-state index contributed by atoms with van der Waals surface area (Å²) in [7, 11) is 0. The molecule has 20 heavy (non-hydrogen) atoms. The van der Waals surface area contributed by atoms with E-state index in [2.05, 4.69) is 0 Å². The van der Waals surface area contributed by atoms with Crippen LogP contribution in [0.4, 0.5) is 10.1 Å². The van der Waals surface area contributed by atoms with E-state index in [1.807, 2.05) is 4.90 Å². The fourth-order valence-corrected chi connectivity index (χ4v) is 3.23. The lowest BCUT2D eigenvalue weighted by molar-refractivity contribution is -0.128. The highest BCUT2D eigenvalue weighted by Gasteiger charge is 2.15. The first-order valence-electron chi connectivity index (χ1n) is 7.12. The minimum Gasteiger partial charge on any atom is -0.398 e. The van der Waals surface area contributed by atoms with Crippen LogP contribution in [0.25, 0.3) is 0 Å². The highest BCUT2D eigenvalue weighted by Crippen LogP contribution is 2.26. The molecule has 3 nitrogen and oxygen atoms in total. The molecule has 0 bridgehead atoms. The summed E-state index contributed by atoms with van der Waals surface area (Å²) in [5.41, 5.74) is 6.14. The van der Waals surface area contributed by atoms with Crippen LogP contribution in [0.5, 0.6) is 0 Å². The lowest BCUT2D eigenvalue weighted by atomic mass is 10.1. The summed E-state index contributed by atoms with van der Waals surface area (Å²) in [6.45, 7) is 1.72. The number of likely N-dealkylation sites (tertiary alicyclic amines) is 1. The summed E-state index contributed by atoms with van der Waals surface area (Å²) in [4.78, 5) is 14.9. The van der Waals surface area contributed by atoms with Gasteiger partial charge in [0.05, 0.1) is 5.75 Å². The molecule has 1 fully saturated rings. The molecule has 2 rings (SSSR count). The molecule has 2 N–H and O–H groups in total. The van der Waals surface area contributed by atoms with Gasteiger partial charge in [-0.15, -0.1) is 11.8 Å². The number of benzene rings is 1. The zero-order valence-electron chi connectivity index (χ0n) is 11.6. The van der Waals surface area contributed by atoms with Gasteiger partial charge in [0.1, 0.15) is 5.82 Å². The van der Waals surface area contributed by atoms with E-state index in [4.69, 9.17) is 5.73 Å². The number of hydrogen-bond acceptors (Lipinski definition) is 3. The highest BCUT2D eigenvalue weighted by molar-refractivity contribution is 8.00. The smallest absolute Gasteiger partial charge is 0.232 e. The summed E-state index contributed by atoms with van der Waals surface area (Å²) in [5.74, 6) is 0.179. The molecule has 1 amide bonds. The van der Waals surface area contributed by atoms with Crippen LogP contribution in [0.2, 0.25) is 0 Å². The van der Waals surface area contributed by atoms with E-state index in [0.717, 1.165) is 30.8 Å². The van der Waals surface area contributed by atoms with Gasteiger partial charge in [-0.25, -0.2) is 4.39 Å². The number of nitrogen functional groups attached to an aromatic ring is 1. The Morgan fingerprint density at radius 1 is 1.20 bits per heavy atom. The van der Waals surface area contributed by atoms with Crippen molar-refractivity contribution in [2.24, 2.45) is 0 Å². The first-order chi connectivity index (χ1) is 9.66. The molecular formula is C15H21FN2OS. The van der Waals surface area contributed by atoms with E-state index in [-0.39, 0.29) is 11.7 Å². The molecule has 0 aromatic heterocycles. The third-order valence-electron chi connectivity index (χ3n) is 3.53. The molecule has 1 heterocycles. The van der Waals surface area contributed by atoms with Gasteiger partial charge in [0, 0.05) is 23.7 Å². The first kappa shape index (κ1) is 15.2. The minimum atomic E-state index is -0.345. The van der Waals surface area contributed by atoms with E-state index in [1.165, 1.54) is 43.2 Å². The number of anilines is 1. The second-order valence-electron chi connectivity index (χ2n) is 5.12. The van der Waals surface area contributed by atoms with Crippen molar-refractivity contribution in [3.63, 3.8) is 0 Å². The number of nitrogens with zero attached hydrogens (tertiary/aromatic N) is 1. The molecule has 1 aliphatic rings. The number of hydrogen-bond donors (Lipinski definition) is 1. The van der Waals surface area contributed by atoms with Crippen molar-refractivity contribution in [3.05, 3.63) is 24.0 Å². The number of thioether (sulfide) groups is 1. The SMILES string of the molecule is Nc1cc(F)ccc1SCC(=O)N1CCCCCCC1. The van der Waals surface area contributed by atoms with Crippen molar-refractivity contribution < 1.29 is 9.18 Å². The minimum absolute atomic E-state index is 0.153. The number of amides is 1.